The number of aryl methyl sites for hydroxylation is 1. The Morgan fingerprint density at radius 3 is 2.60 bits per heavy atom. The zero-order valence-electron chi connectivity index (χ0n) is 11.7. The largest absolute Gasteiger partial charge is 0.349 e. The van der Waals surface area contributed by atoms with E-state index in [9.17, 15) is 13.2 Å². The number of benzene rings is 1. The van der Waals surface area contributed by atoms with Gasteiger partial charge >= 0.3 is 0 Å². The predicted molar refractivity (Wildman–Crippen MR) is 76.8 cm³/mol. The average Bonchev–Trinajstić information content (AvgIpc) is 3.20. The van der Waals surface area contributed by atoms with Crippen molar-refractivity contribution in [2.24, 2.45) is 11.1 Å². The highest BCUT2D eigenvalue weighted by Gasteiger charge is 2.29. The minimum absolute atomic E-state index is 0.0288. The highest BCUT2D eigenvalue weighted by Crippen LogP contribution is 2.32. The van der Waals surface area contributed by atoms with Gasteiger partial charge in [-0.25, -0.2) is 13.6 Å². The molecular formula is C14H20N2O3S. The second kappa shape index (κ2) is 5.54. The monoisotopic (exact) mass is 296 g/mol. The van der Waals surface area contributed by atoms with Crippen molar-refractivity contribution in [3.05, 3.63) is 29.3 Å². The van der Waals surface area contributed by atoms with Crippen molar-refractivity contribution in [2.75, 3.05) is 0 Å². The molecule has 0 radical (unpaired) electrons. The summed E-state index contributed by atoms with van der Waals surface area (Å²) in [4.78, 5) is 12.3. The second-order valence-electron chi connectivity index (χ2n) is 5.32. The number of hydrogen-bond acceptors (Lipinski definition) is 3. The third kappa shape index (κ3) is 3.37. The smallest absolute Gasteiger partial charge is 0.251 e. The zero-order valence-corrected chi connectivity index (χ0v) is 12.5. The molecule has 1 aliphatic rings. The van der Waals surface area contributed by atoms with E-state index in [2.05, 4.69) is 5.32 Å². The van der Waals surface area contributed by atoms with Crippen LogP contribution < -0.4 is 10.5 Å². The van der Waals surface area contributed by atoms with Crippen LogP contribution in [-0.4, -0.2) is 20.4 Å². The van der Waals surface area contributed by atoms with E-state index in [1.165, 1.54) is 12.1 Å². The van der Waals surface area contributed by atoms with E-state index >= 15 is 0 Å². The van der Waals surface area contributed by atoms with Gasteiger partial charge in [0.25, 0.3) is 5.91 Å². The molecule has 1 amide bonds. The van der Waals surface area contributed by atoms with Crippen LogP contribution in [0.5, 0.6) is 0 Å². The molecule has 1 unspecified atom stereocenters. The number of nitrogens with two attached hydrogens (primary N) is 1. The average molecular weight is 296 g/mol. The summed E-state index contributed by atoms with van der Waals surface area (Å²) in [7, 11) is -3.80. The van der Waals surface area contributed by atoms with E-state index in [4.69, 9.17) is 5.14 Å². The van der Waals surface area contributed by atoms with E-state index in [0.29, 0.717) is 17.9 Å². The summed E-state index contributed by atoms with van der Waals surface area (Å²) in [6.07, 6.45) is 2.93. The maximum absolute atomic E-state index is 12.3. The van der Waals surface area contributed by atoms with Gasteiger partial charge in [0.05, 0.1) is 4.90 Å². The summed E-state index contributed by atoms with van der Waals surface area (Å²) in [5, 5.41) is 8.05. The highest BCUT2D eigenvalue weighted by molar-refractivity contribution is 7.89. The molecule has 1 fully saturated rings. The van der Waals surface area contributed by atoms with Gasteiger partial charge in [-0.2, -0.15) is 0 Å². The summed E-state index contributed by atoms with van der Waals surface area (Å²) >= 11 is 0. The molecule has 20 heavy (non-hydrogen) atoms. The van der Waals surface area contributed by atoms with Crippen molar-refractivity contribution < 1.29 is 13.2 Å². The van der Waals surface area contributed by atoms with Crippen molar-refractivity contribution in [1.82, 2.24) is 5.32 Å². The number of carbonyl (C=O) groups is 1. The van der Waals surface area contributed by atoms with Gasteiger partial charge in [-0.1, -0.05) is 13.0 Å². The van der Waals surface area contributed by atoms with Gasteiger partial charge in [-0.05, 0) is 49.8 Å². The van der Waals surface area contributed by atoms with Crippen molar-refractivity contribution in [3.63, 3.8) is 0 Å². The summed E-state index contributed by atoms with van der Waals surface area (Å²) in [6.45, 7) is 3.90. The Morgan fingerprint density at radius 1 is 1.45 bits per heavy atom. The van der Waals surface area contributed by atoms with Crippen LogP contribution in [-0.2, 0) is 16.4 Å². The van der Waals surface area contributed by atoms with Gasteiger partial charge < -0.3 is 5.32 Å². The van der Waals surface area contributed by atoms with Crippen LogP contribution in [0.15, 0.2) is 23.1 Å². The quantitative estimate of drug-likeness (QED) is 0.861. The predicted octanol–water partition coefficient (Wildman–Crippen LogP) is 1.42. The summed E-state index contributed by atoms with van der Waals surface area (Å²) < 4.78 is 22.8. The van der Waals surface area contributed by atoms with Crippen LogP contribution in [0, 0.1) is 5.92 Å². The molecule has 3 N–H and O–H groups in total. The van der Waals surface area contributed by atoms with Crippen molar-refractivity contribution in [3.8, 4) is 0 Å². The van der Waals surface area contributed by atoms with Gasteiger partial charge in [-0.3, -0.25) is 4.79 Å². The lowest BCUT2D eigenvalue weighted by Gasteiger charge is -2.15. The van der Waals surface area contributed by atoms with Crippen molar-refractivity contribution in [2.45, 2.75) is 44.0 Å². The molecule has 1 atom stereocenters. The lowest BCUT2D eigenvalue weighted by atomic mass is 10.0. The molecule has 0 bridgehead atoms. The van der Waals surface area contributed by atoms with E-state index in [1.807, 2.05) is 13.8 Å². The molecule has 6 heteroatoms. The van der Waals surface area contributed by atoms with Gasteiger partial charge in [0.15, 0.2) is 0 Å². The first-order valence-electron chi connectivity index (χ1n) is 6.79. The first kappa shape index (κ1) is 15.0. The lowest BCUT2D eigenvalue weighted by Crippen LogP contribution is -2.34. The summed E-state index contributed by atoms with van der Waals surface area (Å²) in [5.41, 5.74) is 1.21. The minimum atomic E-state index is -3.80. The van der Waals surface area contributed by atoms with E-state index in [-0.39, 0.29) is 16.8 Å². The van der Waals surface area contributed by atoms with Gasteiger partial charge in [0.1, 0.15) is 0 Å². The molecular weight excluding hydrogens is 276 g/mol. The van der Waals surface area contributed by atoms with Crippen LogP contribution in [0.1, 0.15) is 42.6 Å². The Bertz CT molecular complexity index is 621. The number of hydrogen-bond donors (Lipinski definition) is 2. The number of sulfonamides is 1. The maximum atomic E-state index is 12.3. The Labute approximate surface area is 119 Å². The van der Waals surface area contributed by atoms with E-state index in [0.717, 1.165) is 18.4 Å². The minimum Gasteiger partial charge on any atom is -0.349 e. The standard InChI is InChI=1S/C14H20N2O3S/c1-3-10-6-7-12(20(15,18)19)8-13(10)14(17)16-9(2)11-4-5-11/h6-9,11H,3-5H2,1-2H3,(H,16,17)(H2,15,18,19). The molecule has 0 aliphatic heterocycles. The van der Waals surface area contributed by atoms with Crippen LogP contribution >= 0.6 is 0 Å². The number of carbonyl (C=O) groups excluding carboxylic acids is 1. The molecule has 1 aliphatic carbocycles. The Morgan fingerprint density at radius 2 is 2.10 bits per heavy atom. The normalized spacial score (nSPS) is 16.8. The van der Waals surface area contributed by atoms with Crippen LogP contribution in [0.4, 0.5) is 0 Å². The Balaban J connectivity index is 2.29. The molecule has 2 rings (SSSR count). The fourth-order valence-corrected chi connectivity index (χ4v) is 2.79. The third-order valence-electron chi connectivity index (χ3n) is 3.72. The first-order chi connectivity index (χ1) is 9.32. The number of amides is 1. The molecule has 5 nitrogen and oxygen atoms in total. The van der Waals surface area contributed by atoms with Crippen molar-refractivity contribution >= 4 is 15.9 Å². The maximum Gasteiger partial charge on any atom is 0.251 e. The first-order valence-corrected chi connectivity index (χ1v) is 8.34. The molecule has 1 saturated carbocycles. The third-order valence-corrected chi connectivity index (χ3v) is 4.63. The summed E-state index contributed by atoms with van der Waals surface area (Å²) in [5.74, 6) is 0.317. The van der Waals surface area contributed by atoms with Crippen LogP contribution in [0.2, 0.25) is 0 Å². The fourth-order valence-electron chi connectivity index (χ4n) is 2.25. The fraction of sp³-hybridized carbons (Fsp3) is 0.500. The Kier molecular flexibility index (Phi) is 4.15. The van der Waals surface area contributed by atoms with Crippen LogP contribution in [0.3, 0.4) is 0 Å². The van der Waals surface area contributed by atoms with Crippen LogP contribution in [0.25, 0.3) is 0 Å². The van der Waals surface area contributed by atoms with Gasteiger partial charge in [0.2, 0.25) is 10.0 Å². The van der Waals surface area contributed by atoms with Gasteiger partial charge in [0, 0.05) is 11.6 Å². The molecule has 0 heterocycles. The molecule has 110 valence electrons. The van der Waals surface area contributed by atoms with Gasteiger partial charge in [-0.15, -0.1) is 0 Å². The van der Waals surface area contributed by atoms with Crippen molar-refractivity contribution in [1.29, 1.82) is 0 Å². The topological polar surface area (TPSA) is 89.3 Å². The molecule has 0 saturated heterocycles. The molecule has 1 aromatic carbocycles. The zero-order chi connectivity index (χ0) is 14.9. The van der Waals surface area contributed by atoms with E-state index < -0.39 is 10.0 Å². The highest BCUT2D eigenvalue weighted by atomic mass is 32.2. The molecule has 1 aromatic rings. The SMILES string of the molecule is CCc1ccc(S(N)(=O)=O)cc1C(=O)NC(C)C1CC1. The van der Waals surface area contributed by atoms with E-state index in [1.54, 1.807) is 6.07 Å². The second-order valence-corrected chi connectivity index (χ2v) is 6.88. The Hall–Kier alpha value is -1.40. The lowest BCUT2D eigenvalue weighted by molar-refractivity contribution is 0.0934. The molecule has 0 spiro atoms. The number of primary sulfonamides is 1. The summed E-state index contributed by atoms with van der Waals surface area (Å²) in [6, 6.07) is 4.57. The molecule has 0 aromatic heterocycles. The number of rotatable bonds is 5. The number of nitrogens with one attached hydrogen (secondary N) is 1.